The Balaban J connectivity index is 2.38. The van der Waals surface area contributed by atoms with Crippen molar-refractivity contribution in [1.82, 2.24) is 9.97 Å². The Kier molecular flexibility index (Phi) is 3.39. The summed E-state index contributed by atoms with van der Waals surface area (Å²) < 4.78 is 5.37. The van der Waals surface area contributed by atoms with E-state index in [9.17, 15) is 0 Å². The van der Waals surface area contributed by atoms with Gasteiger partial charge in [0.15, 0.2) is 0 Å². The highest BCUT2D eigenvalue weighted by Gasteiger charge is 2.19. The molecule has 4 nitrogen and oxygen atoms in total. The van der Waals surface area contributed by atoms with Gasteiger partial charge >= 0.3 is 0 Å². The number of aromatic nitrogens is 2. The fraction of sp³-hybridized carbons (Fsp3) is 0.667. The van der Waals surface area contributed by atoms with Gasteiger partial charge in [-0.3, -0.25) is 0 Å². The normalized spacial score (nSPS) is 15.2. The lowest BCUT2D eigenvalue weighted by Gasteiger charge is -2.20. The molecule has 0 radical (unpaired) electrons. The summed E-state index contributed by atoms with van der Waals surface area (Å²) in [6, 6.07) is 0. The van der Waals surface area contributed by atoms with Crippen molar-refractivity contribution in [2.24, 2.45) is 0 Å². The Bertz CT molecular complexity index is 375. The lowest BCUT2D eigenvalue weighted by atomic mass is 10.0. The van der Waals surface area contributed by atoms with Crippen molar-refractivity contribution in [3.63, 3.8) is 0 Å². The van der Waals surface area contributed by atoms with Crippen LogP contribution in [0.5, 0.6) is 0 Å². The van der Waals surface area contributed by atoms with Crippen LogP contribution in [0.4, 0.5) is 5.82 Å². The summed E-state index contributed by atoms with van der Waals surface area (Å²) in [4.78, 5) is 9.06. The molecule has 0 spiro atoms. The van der Waals surface area contributed by atoms with Gasteiger partial charge in [0.1, 0.15) is 11.6 Å². The predicted octanol–water partition coefficient (Wildman–Crippen LogP) is 2.04. The van der Waals surface area contributed by atoms with Crippen LogP contribution < -0.4 is 5.73 Å². The molecule has 4 heteroatoms. The second kappa shape index (κ2) is 4.78. The number of rotatable bonds is 3. The van der Waals surface area contributed by atoms with E-state index in [1.807, 2.05) is 0 Å². The van der Waals surface area contributed by atoms with E-state index in [0.29, 0.717) is 18.3 Å². The number of hydrogen-bond acceptors (Lipinski definition) is 4. The molecule has 0 fully saturated rings. The molecule has 0 saturated heterocycles. The predicted molar refractivity (Wildman–Crippen MR) is 63.1 cm³/mol. The van der Waals surface area contributed by atoms with Crippen molar-refractivity contribution in [2.45, 2.75) is 45.6 Å². The van der Waals surface area contributed by atoms with Crippen LogP contribution in [0.25, 0.3) is 0 Å². The maximum atomic E-state index is 5.96. The third kappa shape index (κ3) is 2.02. The van der Waals surface area contributed by atoms with E-state index in [4.69, 9.17) is 10.5 Å². The van der Waals surface area contributed by atoms with Gasteiger partial charge in [-0.2, -0.15) is 0 Å². The molecule has 0 unspecified atom stereocenters. The molecule has 2 heterocycles. The molecule has 0 aromatic carbocycles. The Labute approximate surface area is 96.2 Å². The SMILES string of the molecule is CCC(CC)c1nc(N)c2c(n1)CCOC2. The molecule has 0 saturated carbocycles. The minimum absolute atomic E-state index is 0.426. The first-order valence-corrected chi connectivity index (χ1v) is 5.99. The van der Waals surface area contributed by atoms with Gasteiger partial charge in [-0.1, -0.05) is 13.8 Å². The summed E-state index contributed by atoms with van der Waals surface area (Å²) >= 11 is 0. The Morgan fingerprint density at radius 3 is 2.75 bits per heavy atom. The van der Waals surface area contributed by atoms with E-state index in [0.717, 1.165) is 43.0 Å². The largest absolute Gasteiger partial charge is 0.383 e. The quantitative estimate of drug-likeness (QED) is 0.848. The standard InChI is InChI=1S/C12H19N3O/c1-3-8(4-2)12-14-10-5-6-16-7-9(10)11(13)15-12/h8H,3-7H2,1-2H3,(H2,13,14,15). The second-order valence-corrected chi connectivity index (χ2v) is 4.21. The number of nitrogen functional groups attached to an aromatic ring is 1. The monoisotopic (exact) mass is 221 g/mol. The minimum Gasteiger partial charge on any atom is -0.383 e. The third-order valence-corrected chi connectivity index (χ3v) is 3.22. The van der Waals surface area contributed by atoms with Crippen LogP contribution in [0.15, 0.2) is 0 Å². The zero-order chi connectivity index (χ0) is 11.5. The summed E-state index contributed by atoms with van der Waals surface area (Å²) in [7, 11) is 0. The van der Waals surface area contributed by atoms with Gasteiger partial charge in [0, 0.05) is 17.9 Å². The summed E-state index contributed by atoms with van der Waals surface area (Å²) in [5.74, 6) is 1.94. The zero-order valence-corrected chi connectivity index (χ0v) is 9.99. The van der Waals surface area contributed by atoms with E-state index < -0.39 is 0 Å². The highest BCUT2D eigenvalue weighted by Crippen LogP contribution is 2.25. The Morgan fingerprint density at radius 1 is 1.31 bits per heavy atom. The van der Waals surface area contributed by atoms with Gasteiger partial charge in [0.25, 0.3) is 0 Å². The van der Waals surface area contributed by atoms with Crippen molar-refractivity contribution >= 4 is 5.82 Å². The first kappa shape index (κ1) is 11.3. The van der Waals surface area contributed by atoms with Gasteiger partial charge in [0.2, 0.25) is 0 Å². The number of nitrogens with two attached hydrogens (primary N) is 1. The minimum atomic E-state index is 0.426. The topological polar surface area (TPSA) is 61.0 Å². The van der Waals surface area contributed by atoms with Gasteiger partial charge in [-0.25, -0.2) is 9.97 Å². The summed E-state index contributed by atoms with van der Waals surface area (Å²) in [6.45, 7) is 5.63. The molecule has 0 bridgehead atoms. The lowest BCUT2D eigenvalue weighted by Crippen LogP contribution is -2.18. The molecule has 2 N–H and O–H groups in total. The molecule has 0 atom stereocenters. The van der Waals surface area contributed by atoms with Gasteiger partial charge in [0.05, 0.1) is 18.9 Å². The van der Waals surface area contributed by atoms with Crippen LogP contribution in [0, 0.1) is 0 Å². The number of anilines is 1. The maximum absolute atomic E-state index is 5.96. The smallest absolute Gasteiger partial charge is 0.134 e. The van der Waals surface area contributed by atoms with Crippen LogP contribution in [-0.2, 0) is 17.8 Å². The number of fused-ring (bicyclic) bond motifs is 1. The van der Waals surface area contributed by atoms with Crippen molar-refractivity contribution in [3.05, 3.63) is 17.1 Å². The fourth-order valence-corrected chi connectivity index (χ4v) is 2.11. The summed E-state index contributed by atoms with van der Waals surface area (Å²) in [5, 5.41) is 0. The van der Waals surface area contributed by atoms with Crippen LogP contribution in [0.1, 0.15) is 49.7 Å². The average Bonchev–Trinajstić information content (AvgIpc) is 2.31. The molecule has 1 aliphatic rings. The second-order valence-electron chi connectivity index (χ2n) is 4.21. The van der Waals surface area contributed by atoms with Crippen molar-refractivity contribution < 1.29 is 4.74 Å². The van der Waals surface area contributed by atoms with E-state index in [-0.39, 0.29) is 0 Å². The first-order chi connectivity index (χ1) is 7.76. The zero-order valence-electron chi connectivity index (χ0n) is 9.99. The van der Waals surface area contributed by atoms with Crippen LogP contribution in [0.2, 0.25) is 0 Å². The van der Waals surface area contributed by atoms with E-state index in [1.54, 1.807) is 0 Å². The molecule has 0 amide bonds. The van der Waals surface area contributed by atoms with Gasteiger partial charge < -0.3 is 10.5 Å². The molecule has 0 aliphatic carbocycles. The molecule has 1 aliphatic heterocycles. The number of nitrogens with zero attached hydrogens (tertiary/aromatic N) is 2. The lowest BCUT2D eigenvalue weighted by molar-refractivity contribution is 0.109. The Morgan fingerprint density at radius 2 is 2.06 bits per heavy atom. The molecular weight excluding hydrogens is 202 g/mol. The molecular formula is C12H19N3O. The van der Waals surface area contributed by atoms with Gasteiger partial charge in [-0.05, 0) is 12.8 Å². The van der Waals surface area contributed by atoms with Gasteiger partial charge in [-0.15, -0.1) is 0 Å². The molecule has 1 aromatic heterocycles. The van der Waals surface area contributed by atoms with E-state index in [2.05, 4.69) is 23.8 Å². The maximum Gasteiger partial charge on any atom is 0.134 e. The Hall–Kier alpha value is -1.16. The summed E-state index contributed by atoms with van der Waals surface area (Å²) in [6.07, 6.45) is 2.98. The molecule has 16 heavy (non-hydrogen) atoms. The fourth-order valence-electron chi connectivity index (χ4n) is 2.11. The average molecular weight is 221 g/mol. The van der Waals surface area contributed by atoms with Crippen molar-refractivity contribution in [3.8, 4) is 0 Å². The van der Waals surface area contributed by atoms with Crippen molar-refractivity contribution in [1.29, 1.82) is 0 Å². The van der Waals surface area contributed by atoms with E-state index >= 15 is 0 Å². The first-order valence-electron chi connectivity index (χ1n) is 5.99. The highest BCUT2D eigenvalue weighted by molar-refractivity contribution is 5.43. The number of hydrogen-bond donors (Lipinski definition) is 1. The molecule has 1 aromatic rings. The van der Waals surface area contributed by atoms with Crippen LogP contribution >= 0.6 is 0 Å². The van der Waals surface area contributed by atoms with E-state index in [1.165, 1.54) is 0 Å². The summed E-state index contributed by atoms with van der Waals surface area (Å²) in [5.41, 5.74) is 8.03. The van der Waals surface area contributed by atoms with Crippen LogP contribution in [0.3, 0.4) is 0 Å². The highest BCUT2D eigenvalue weighted by atomic mass is 16.5. The van der Waals surface area contributed by atoms with Crippen LogP contribution in [-0.4, -0.2) is 16.6 Å². The third-order valence-electron chi connectivity index (χ3n) is 3.22. The number of ether oxygens (including phenoxy) is 1. The molecule has 2 rings (SSSR count). The van der Waals surface area contributed by atoms with Crippen molar-refractivity contribution in [2.75, 3.05) is 12.3 Å². The molecule has 88 valence electrons.